The Balaban J connectivity index is 2.95. The van der Waals surface area contributed by atoms with E-state index in [2.05, 4.69) is 15.9 Å². The van der Waals surface area contributed by atoms with Gasteiger partial charge in [-0.3, -0.25) is 10.1 Å². The van der Waals surface area contributed by atoms with E-state index in [0.717, 1.165) is 0 Å². The maximum Gasteiger partial charge on any atom is 0.339 e. The van der Waals surface area contributed by atoms with E-state index in [1.54, 1.807) is 0 Å². The van der Waals surface area contributed by atoms with Crippen molar-refractivity contribution in [3.63, 3.8) is 0 Å². The van der Waals surface area contributed by atoms with E-state index in [9.17, 15) is 14.9 Å². The first-order valence-corrected chi connectivity index (χ1v) is 5.82. The molecule has 0 heterocycles. The maximum atomic E-state index is 11.7. The Bertz CT molecular complexity index is 445. The SMILES string of the molecule is CC(C)COC(=O)c1cccc([N+](=O)[O-])c1Br. The molecule has 17 heavy (non-hydrogen) atoms. The standard InChI is InChI=1S/C11H12BrNO4/c1-7(2)6-17-11(14)8-4-3-5-9(10(8)12)13(15)16/h3-5,7H,6H2,1-2H3. The predicted molar refractivity (Wildman–Crippen MR) is 65.9 cm³/mol. The molecule has 0 unspecified atom stereocenters. The summed E-state index contributed by atoms with van der Waals surface area (Å²) in [6, 6.07) is 4.26. The summed E-state index contributed by atoms with van der Waals surface area (Å²) in [7, 11) is 0. The number of hydrogen-bond donors (Lipinski definition) is 0. The molecule has 0 saturated carbocycles. The van der Waals surface area contributed by atoms with Gasteiger partial charge in [0.15, 0.2) is 0 Å². The van der Waals surface area contributed by atoms with Gasteiger partial charge >= 0.3 is 5.97 Å². The second-order valence-electron chi connectivity index (χ2n) is 3.89. The maximum absolute atomic E-state index is 11.7. The quantitative estimate of drug-likeness (QED) is 0.486. The van der Waals surface area contributed by atoms with E-state index in [0.29, 0.717) is 0 Å². The third-order valence-corrected chi connectivity index (χ3v) is 2.78. The molecule has 5 nitrogen and oxygen atoms in total. The Morgan fingerprint density at radius 2 is 2.18 bits per heavy atom. The van der Waals surface area contributed by atoms with Crippen LogP contribution in [-0.4, -0.2) is 17.5 Å². The molecule has 1 aromatic carbocycles. The monoisotopic (exact) mass is 301 g/mol. The minimum atomic E-state index is -0.561. The zero-order valence-electron chi connectivity index (χ0n) is 9.47. The van der Waals surface area contributed by atoms with Crippen molar-refractivity contribution in [1.29, 1.82) is 0 Å². The molecule has 92 valence electrons. The van der Waals surface area contributed by atoms with Gasteiger partial charge < -0.3 is 4.74 Å². The molecule has 0 spiro atoms. The molecule has 1 aromatic rings. The smallest absolute Gasteiger partial charge is 0.339 e. The summed E-state index contributed by atoms with van der Waals surface area (Å²) in [4.78, 5) is 21.8. The first-order valence-electron chi connectivity index (χ1n) is 5.03. The van der Waals surface area contributed by atoms with Gasteiger partial charge in [-0.1, -0.05) is 19.9 Å². The fraction of sp³-hybridized carbons (Fsp3) is 0.364. The van der Waals surface area contributed by atoms with Crippen molar-refractivity contribution in [2.24, 2.45) is 5.92 Å². The molecule has 6 heteroatoms. The van der Waals surface area contributed by atoms with E-state index < -0.39 is 10.9 Å². The van der Waals surface area contributed by atoms with Crippen LogP contribution in [0.1, 0.15) is 24.2 Å². The number of carbonyl (C=O) groups excluding carboxylic acids is 1. The van der Waals surface area contributed by atoms with Gasteiger partial charge in [0.25, 0.3) is 5.69 Å². The third kappa shape index (κ3) is 3.52. The molecule has 0 bridgehead atoms. The van der Waals surface area contributed by atoms with E-state index in [4.69, 9.17) is 4.74 Å². The summed E-state index contributed by atoms with van der Waals surface area (Å²) in [5.74, 6) is -0.342. The molecule has 0 radical (unpaired) electrons. The van der Waals surface area contributed by atoms with E-state index in [1.165, 1.54) is 18.2 Å². The van der Waals surface area contributed by atoms with E-state index >= 15 is 0 Å². The first-order chi connectivity index (χ1) is 7.93. The Kier molecular flexibility index (Phi) is 4.62. The number of benzene rings is 1. The second kappa shape index (κ2) is 5.77. The molecule has 0 saturated heterocycles. The minimum absolute atomic E-state index is 0.149. The van der Waals surface area contributed by atoms with Gasteiger partial charge in [0.1, 0.15) is 4.47 Å². The van der Waals surface area contributed by atoms with Gasteiger partial charge in [-0.25, -0.2) is 4.79 Å². The van der Waals surface area contributed by atoms with Crippen LogP contribution in [0.25, 0.3) is 0 Å². The molecule has 0 atom stereocenters. The molecular weight excluding hydrogens is 290 g/mol. The first kappa shape index (κ1) is 13.6. The normalized spacial score (nSPS) is 10.4. The lowest BCUT2D eigenvalue weighted by Gasteiger charge is -2.08. The van der Waals surface area contributed by atoms with Crippen LogP contribution < -0.4 is 0 Å². The zero-order valence-corrected chi connectivity index (χ0v) is 11.1. The molecule has 0 amide bonds. The molecule has 0 fully saturated rings. The summed E-state index contributed by atoms with van der Waals surface area (Å²) in [5.41, 5.74) is 0.0175. The minimum Gasteiger partial charge on any atom is -0.462 e. The van der Waals surface area contributed by atoms with Gasteiger partial charge in [-0.15, -0.1) is 0 Å². The summed E-state index contributed by atoms with van der Waals surface area (Å²) in [5, 5.41) is 10.7. The number of nitrogens with zero attached hydrogens (tertiary/aromatic N) is 1. The Labute approximate surface area is 107 Å². The summed E-state index contributed by atoms with van der Waals surface area (Å²) in [6.07, 6.45) is 0. The van der Waals surface area contributed by atoms with Gasteiger partial charge in [0.05, 0.1) is 17.1 Å². The van der Waals surface area contributed by atoms with Gasteiger partial charge in [0, 0.05) is 6.07 Å². The average Bonchev–Trinajstić information content (AvgIpc) is 2.25. The second-order valence-corrected chi connectivity index (χ2v) is 4.68. The average molecular weight is 302 g/mol. The van der Waals surface area contributed by atoms with Crippen molar-refractivity contribution in [3.05, 3.63) is 38.3 Å². The molecule has 1 rings (SSSR count). The number of nitro groups is 1. The van der Waals surface area contributed by atoms with Crippen LogP contribution in [0.5, 0.6) is 0 Å². The molecule has 0 aliphatic carbocycles. The van der Waals surface area contributed by atoms with Crippen LogP contribution in [0.3, 0.4) is 0 Å². The van der Waals surface area contributed by atoms with Crippen LogP contribution in [0.15, 0.2) is 22.7 Å². The van der Waals surface area contributed by atoms with Crippen LogP contribution in [0.2, 0.25) is 0 Å². The molecule has 0 N–H and O–H groups in total. The molecule has 0 aliphatic heterocycles. The largest absolute Gasteiger partial charge is 0.462 e. The lowest BCUT2D eigenvalue weighted by atomic mass is 10.2. The number of rotatable bonds is 4. The Morgan fingerprint density at radius 3 is 2.71 bits per heavy atom. The predicted octanol–water partition coefficient (Wildman–Crippen LogP) is 3.17. The zero-order chi connectivity index (χ0) is 13.0. The highest BCUT2D eigenvalue weighted by Crippen LogP contribution is 2.28. The van der Waals surface area contributed by atoms with Crippen molar-refractivity contribution < 1.29 is 14.5 Å². The van der Waals surface area contributed by atoms with Crippen LogP contribution in [0, 0.1) is 16.0 Å². The third-order valence-electron chi connectivity index (χ3n) is 1.94. The van der Waals surface area contributed by atoms with E-state index in [1.807, 2.05) is 13.8 Å². The number of halogens is 1. The van der Waals surface area contributed by atoms with Crippen molar-refractivity contribution in [2.45, 2.75) is 13.8 Å². The fourth-order valence-electron chi connectivity index (χ4n) is 1.14. The molecular formula is C11H12BrNO4. The summed E-state index contributed by atoms with van der Waals surface area (Å²) < 4.78 is 5.17. The molecule has 0 aromatic heterocycles. The van der Waals surface area contributed by atoms with Gasteiger partial charge in [-0.2, -0.15) is 0 Å². The van der Waals surface area contributed by atoms with Crippen molar-refractivity contribution >= 4 is 27.6 Å². The number of esters is 1. The fourth-order valence-corrected chi connectivity index (χ4v) is 1.71. The van der Waals surface area contributed by atoms with Gasteiger partial charge in [0.2, 0.25) is 0 Å². The number of nitro benzene ring substituents is 1. The van der Waals surface area contributed by atoms with Crippen molar-refractivity contribution in [2.75, 3.05) is 6.61 Å². The lowest BCUT2D eigenvalue weighted by molar-refractivity contribution is -0.385. The number of carbonyl (C=O) groups is 1. The van der Waals surface area contributed by atoms with Crippen LogP contribution >= 0.6 is 15.9 Å². The summed E-state index contributed by atoms with van der Waals surface area (Å²) >= 11 is 3.05. The highest BCUT2D eigenvalue weighted by molar-refractivity contribution is 9.10. The Hall–Kier alpha value is -1.43. The lowest BCUT2D eigenvalue weighted by Crippen LogP contribution is -2.11. The topological polar surface area (TPSA) is 69.4 Å². The van der Waals surface area contributed by atoms with Crippen molar-refractivity contribution in [3.8, 4) is 0 Å². The molecule has 0 aliphatic rings. The highest BCUT2D eigenvalue weighted by Gasteiger charge is 2.20. The van der Waals surface area contributed by atoms with Crippen molar-refractivity contribution in [1.82, 2.24) is 0 Å². The highest BCUT2D eigenvalue weighted by atomic mass is 79.9. The number of ether oxygens (including phenoxy) is 1. The summed E-state index contributed by atoms with van der Waals surface area (Å²) in [6.45, 7) is 4.11. The Morgan fingerprint density at radius 1 is 1.53 bits per heavy atom. The van der Waals surface area contributed by atoms with Crippen LogP contribution in [0.4, 0.5) is 5.69 Å². The van der Waals surface area contributed by atoms with Gasteiger partial charge in [-0.05, 0) is 27.9 Å². The number of hydrogen-bond acceptors (Lipinski definition) is 4. The van der Waals surface area contributed by atoms with Crippen LogP contribution in [-0.2, 0) is 4.74 Å². The van der Waals surface area contributed by atoms with E-state index in [-0.39, 0.29) is 28.2 Å².